The Balaban J connectivity index is 1.63. The average molecular weight is 489 g/mol. The van der Waals surface area contributed by atoms with Crippen LogP contribution in [-0.4, -0.2) is 29.9 Å². The Morgan fingerprint density at radius 3 is 2.43 bits per heavy atom. The molecule has 1 aliphatic carbocycles. The summed E-state index contributed by atoms with van der Waals surface area (Å²) in [4.78, 5) is 29.9. The zero-order valence-corrected chi connectivity index (χ0v) is 20.5. The van der Waals surface area contributed by atoms with Crippen molar-refractivity contribution in [1.29, 1.82) is 0 Å². The number of ether oxygens (including phenoxy) is 1. The molecule has 1 saturated carbocycles. The Kier molecular flexibility index (Phi) is 6.78. The summed E-state index contributed by atoms with van der Waals surface area (Å²) in [6, 6.07) is 22.1. The first-order valence-corrected chi connectivity index (χ1v) is 12.6. The van der Waals surface area contributed by atoms with E-state index in [1.165, 1.54) is 6.42 Å². The Morgan fingerprint density at radius 2 is 1.71 bits per heavy atom. The van der Waals surface area contributed by atoms with Crippen LogP contribution in [0.3, 0.4) is 0 Å². The van der Waals surface area contributed by atoms with Crippen molar-refractivity contribution in [2.45, 2.75) is 50.1 Å². The molecule has 3 aromatic rings. The smallest absolute Gasteiger partial charge is 0.254 e. The van der Waals surface area contributed by atoms with Crippen LogP contribution in [0, 0.1) is 0 Å². The molecule has 0 radical (unpaired) electrons. The van der Waals surface area contributed by atoms with Gasteiger partial charge in [-0.25, -0.2) is 0 Å². The molecule has 2 atom stereocenters. The number of carbonyl (C=O) groups excluding carboxylic acids is 2. The summed E-state index contributed by atoms with van der Waals surface area (Å²) in [5.74, 6) is 0.00704. The lowest BCUT2D eigenvalue weighted by atomic mass is 9.77. The Bertz CT molecular complexity index is 1220. The van der Waals surface area contributed by atoms with E-state index in [0.29, 0.717) is 16.3 Å². The molecule has 1 N–H and O–H groups in total. The van der Waals surface area contributed by atoms with E-state index < -0.39 is 12.0 Å². The third-order valence-corrected chi connectivity index (χ3v) is 7.41. The van der Waals surface area contributed by atoms with Crippen molar-refractivity contribution < 1.29 is 14.3 Å². The van der Waals surface area contributed by atoms with Crippen LogP contribution in [0.25, 0.3) is 0 Å². The van der Waals surface area contributed by atoms with Crippen LogP contribution in [0.15, 0.2) is 72.8 Å². The van der Waals surface area contributed by atoms with E-state index in [0.717, 1.165) is 42.6 Å². The largest absolute Gasteiger partial charge is 0.497 e. The van der Waals surface area contributed by atoms with E-state index in [2.05, 4.69) is 5.32 Å². The molecule has 1 heterocycles. The van der Waals surface area contributed by atoms with Crippen LogP contribution in [0.2, 0.25) is 5.02 Å². The summed E-state index contributed by atoms with van der Waals surface area (Å²) < 4.78 is 5.37. The molecule has 5 nitrogen and oxygen atoms in total. The van der Waals surface area contributed by atoms with Gasteiger partial charge in [0.15, 0.2) is 0 Å². The molecule has 0 spiro atoms. The van der Waals surface area contributed by atoms with Crippen molar-refractivity contribution in [3.63, 3.8) is 0 Å². The fraction of sp³-hybridized carbons (Fsp3) is 0.310. The summed E-state index contributed by atoms with van der Waals surface area (Å²) >= 11 is 6.18. The summed E-state index contributed by atoms with van der Waals surface area (Å²) in [5.41, 5.74) is 2.92. The maximum atomic E-state index is 14.0. The number of methoxy groups -OCH3 is 1. The highest BCUT2D eigenvalue weighted by molar-refractivity contribution is 6.30. The van der Waals surface area contributed by atoms with Gasteiger partial charge in [0, 0.05) is 22.3 Å². The van der Waals surface area contributed by atoms with Crippen molar-refractivity contribution >= 4 is 29.1 Å². The van der Waals surface area contributed by atoms with Gasteiger partial charge >= 0.3 is 0 Å². The first-order valence-electron chi connectivity index (χ1n) is 12.2. The Morgan fingerprint density at radius 1 is 0.971 bits per heavy atom. The monoisotopic (exact) mass is 488 g/mol. The Labute approximate surface area is 211 Å². The van der Waals surface area contributed by atoms with Crippen LogP contribution < -0.4 is 10.1 Å². The van der Waals surface area contributed by atoms with Crippen molar-refractivity contribution in [1.82, 2.24) is 4.90 Å². The molecule has 2 aliphatic rings. The number of nitrogens with zero attached hydrogens (tertiary/aromatic N) is 1. The van der Waals surface area contributed by atoms with Gasteiger partial charge in [0.25, 0.3) is 5.91 Å². The van der Waals surface area contributed by atoms with Crippen molar-refractivity contribution in [2.75, 3.05) is 12.4 Å². The minimum Gasteiger partial charge on any atom is -0.497 e. The van der Waals surface area contributed by atoms with Gasteiger partial charge in [0.05, 0.1) is 19.1 Å². The second-order valence-corrected chi connectivity index (χ2v) is 9.72. The number of benzene rings is 3. The average Bonchev–Trinajstić information content (AvgIpc) is 2.89. The van der Waals surface area contributed by atoms with E-state index in [4.69, 9.17) is 16.3 Å². The highest BCUT2D eigenvalue weighted by Gasteiger charge is 2.46. The minimum atomic E-state index is -0.571. The fourth-order valence-electron chi connectivity index (χ4n) is 5.54. The summed E-state index contributed by atoms with van der Waals surface area (Å²) in [5, 5.41) is 3.62. The van der Waals surface area contributed by atoms with Crippen LogP contribution in [-0.2, 0) is 4.79 Å². The predicted molar refractivity (Wildman–Crippen MR) is 138 cm³/mol. The number of anilines is 1. The third kappa shape index (κ3) is 4.65. The molecular weight excluding hydrogens is 460 g/mol. The van der Waals surface area contributed by atoms with Crippen LogP contribution in [0.5, 0.6) is 5.75 Å². The highest BCUT2D eigenvalue weighted by atomic mass is 35.5. The molecule has 6 heteroatoms. The molecule has 3 aromatic carbocycles. The lowest BCUT2D eigenvalue weighted by Crippen LogP contribution is -2.51. The lowest BCUT2D eigenvalue weighted by Gasteiger charge is -2.46. The molecule has 0 unspecified atom stereocenters. The van der Waals surface area contributed by atoms with Crippen molar-refractivity contribution in [3.8, 4) is 5.75 Å². The molecule has 35 heavy (non-hydrogen) atoms. The molecule has 1 fully saturated rings. The van der Waals surface area contributed by atoms with Crippen LogP contribution in [0.1, 0.15) is 65.5 Å². The number of rotatable bonds is 5. The molecule has 0 aromatic heterocycles. The number of carbonyl (C=O) groups is 2. The predicted octanol–water partition coefficient (Wildman–Crippen LogP) is 6.60. The summed E-state index contributed by atoms with van der Waals surface area (Å²) in [7, 11) is 1.63. The zero-order valence-electron chi connectivity index (χ0n) is 19.7. The lowest BCUT2D eigenvalue weighted by molar-refractivity contribution is -0.119. The van der Waals surface area contributed by atoms with Crippen LogP contribution >= 0.6 is 11.6 Å². The molecule has 0 saturated heterocycles. The first-order chi connectivity index (χ1) is 17.1. The number of halogens is 1. The first kappa shape index (κ1) is 23.4. The van der Waals surface area contributed by atoms with E-state index in [9.17, 15) is 9.59 Å². The second-order valence-electron chi connectivity index (χ2n) is 9.29. The third-order valence-electron chi connectivity index (χ3n) is 7.18. The maximum Gasteiger partial charge on any atom is 0.254 e. The second kappa shape index (κ2) is 10.1. The number of hydrogen-bond donors (Lipinski definition) is 1. The Hall–Kier alpha value is -3.31. The van der Waals surface area contributed by atoms with Gasteiger partial charge in [-0.05, 0) is 60.4 Å². The fourth-order valence-corrected chi connectivity index (χ4v) is 5.73. The van der Waals surface area contributed by atoms with Gasteiger partial charge in [-0.1, -0.05) is 67.3 Å². The van der Waals surface area contributed by atoms with Gasteiger partial charge in [-0.3, -0.25) is 9.59 Å². The topological polar surface area (TPSA) is 58.6 Å². The number of hydrogen-bond acceptors (Lipinski definition) is 3. The number of amides is 2. The summed E-state index contributed by atoms with van der Waals surface area (Å²) in [6.07, 6.45) is 5.25. The van der Waals surface area contributed by atoms with Gasteiger partial charge in [0.1, 0.15) is 5.75 Å². The maximum absolute atomic E-state index is 14.0. The van der Waals surface area contributed by atoms with Gasteiger partial charge in [-0.2, -0.15) is 0 Å². The van der Waals surface area contributed by atoms with E-state index in [-0.39, 0.29) is 17.9 Å². The normalized spacial score (nSPS) is 20.3. The molecule has 180 valence electrons. The van der Waals surface area contributed by atoms with E-state index in [1.807, 2.05) is 65.6 Å². The highest BCUT2D eigenvalue weighted by Crippen LogP contribution is 2.46. The SMILES string of the molecule is COc1ccc([C@H]2[C@@H](C(=O)Nc3cccc(Cl)c3)c3ccccc3C(=O)N2C2CCCCC2)cc1. The standard InChI is InChI=1S/C29H29ClN2O3/c1-35-23-16-14-19(15-17-23)27-26(28(33)31-21-9-7-8-20(30)18-21)24-12-5-6-13-25(24)29(34)32(27)22-10-3-2-4-11-22/h5-9,12-18,22,26-27H,2-4,10-11H2,1H3,(H,31,33)/t26-,27-/m0/s1. The number of fused-ring (bicyclic) bond motifs is 1. The molecule has 2 amide bonds. The van der Waals surface area contributed by atoms with Gasteiger partial charge in [0.2, 0.25) is 5.91 Å². The molecule has 5 rings (SSSR count). The number of nitrogens with one attached hydrogen (secondary N) is 1. The summed E-state index contributed by atoms with van der Waals surface area (Å²) in [6.45, 7) is 0. The van der Waals surface area contributed by atoms with Crippen molar-refractivity contribution in [2.24, 2.45) is 0 Å². The quantitative estimate of drug-likeness (QED) is 0.440. The zero-order chi connectivity index (χ0) is 24.4. The van der Waals surface area contributed by atoms with E-state index >= 15 is 0 Å². The van der Waals surface area contributed by atoms with Gasteiger partial charge in [-0.15, -0.1) is 0 Å². The molecular formula is C29H29ClN2O3. The van der Waals surface area contributed by atoms with Gasteiger partial charge < -0.3 is 15.0 Å². The molecule has 0 bridgehead atoms. The van der Waals surface area contributed by atoms with E-state index in [1.54, 1.807) is 19.2 Å². The molecule has 1 aliphatic heterocycles. The minimum absolute atomic E-state index is 0.000114. The van der Waals surface area contributed by atoms with Crippen LogP contribution in [0.4, 0.5) is 5.69 Å². The van der Waals surface area contributed by atoms with Crippen molar-refractivity contribution in [3.05, 3.63) is 94.5 Å².